The molecule has 7 nitrogen and oxygen atoms in total. The molecule has 0 radical (unpaired) electrons. The summed E-state index contributed by atoms with van der Waals surface area (Å²) >= 11 is 0. The van der Waals surface area contributed by atoms with Gasteiger partial charge in [-0.3, -0.25) is 4.79 Å². The molecule has 3 rings (SSSR count). The highest BCUT2D eigenvalue weighted by Gasteiger charge is 2.25. The highest BCUT2D eigenvalue weighted by molar-refractivity contribution is 5.99. The standard InChI is InChI=1S/C28H32FN3O4/c1-28(2,3)36-27(34)32-24(16-17-35-19-20-10-6-4-7-11-20)26(33)31-23-15-14-21(29)18-25(23)30-22-12-8-5-9-13-22/h4-15,18,24,30H,16-17,19H2,1-3H3,(H,31,33)(H,32,34). The van der Waals surface area contributed by atoms with Crippen molar-refractivity contribution in [1.29, 1.82) is 0 Å². The number of hydrogen-bond acceptors (Lipinski definition) is 5. The van der Waals surface area contributed by atoms with E-state index < -0.39 is 29.5 Å². The van der Waals surface area contributed by atoms with E-state index in [9.17, 15) is 14.0 Å². The van der Waals surface area contributed by atoms with Gasteiger partial charge < -0.3 is 25.4 Å². The molecule has 3 N–H and O–H groups in total. The van der Waals surface area contributed by atoms with E-state index in [4.69, 9.17) is 9.47 Å². The van der Waals surface area contributed by atoms with E-state index in [1.807, 2.05) is 60.7 Å². The molecule has 0 fully saturated rings. The summed E-state index contributed by atoms with van der Waals surface area (Å²) in [6.07, 6.45) is -0.506. The lowest BCUT2D eigenvalue weighted by molar-refractivity contribution is -0.118. The van der Waals surface area contributed by atoms with Crippen molar-refractivity contribution in [2.24, 2.45) is 0 Å². The van der Waals surface area contributed by atoms with E-state index in [-0.39, 0.29) is 13.0 Å². The third-order valence-electron chi connectivity index (χ3n) is 4.96. The van der Waals surface area contributed by atoms with Crippen molar-refractivity contribution >= 4 is 29.1 Å². The molecule has 0 saturated heterocycles. The van der Waals surface area contributed by atoms with Gasteiger partial charge in [0.25, 0.3) is 0 Å². The third kappa shape index (κ3) is 9.03. The lowest BCUT2D eigenvalue weighted by Gasteiger charge is -2.24. The first-order valence-electron chi connectivity index (χ1n) is 11.7. The van der Waals surface area contributed by atoms with Crippen LogP contribution in [0.4, 0.5) is 26.2 Å². The Morgan fingerprint density at radius 1 is 0.917 bits per heavy atom. The van der Waals surface area contributed by atoms with Crippen LogP contribution in [0.1, 0.15) is 32.8 Å². The number of halogens is 1. The molecular weight excluding hydrogens is 461 g/mol. The molecule has 36 heavy (non-hydrogen) atoms. The number of nitrogens with one attached hydrogen (secondary N) is 3. The molecule has 0 saturated carbocycles. The summed E-state index contributed by atoms with van der Waals surface area (Å²) in [5.74, 6) is -0.934. The lowest BCUT2D eigenvalue weighted by Crippen LogP contribution is -2.46. The van der Waals surface area contributed by atoms with Crippen molar-refractivity contribution in [3.05, 3.63) is 90.2 Å². The van der Waals surface area contributed by atoms with E-state index in [2.05, 4.69) is 16.0 Å². The first kappa shape index (κ1) is 26.7. The van der Waals surface area contributed by atoms with E-state index >= 15 is 0 Å². The summed E-state index contributed by atoms with van der Waals surface area (Å²) in [5, 5.41) is 8.52. The van der Waals surface area contributed by atoms with Crippen molar-refractivity contribution < 1.29 is 23.5 Å². The van der Waals surface area contributed by atoms with E-state index in [0.717, 1.165) is 11.3 Å². The van der Waals surface area contributed by atoms with Gasteiger partial charge in [-0.2, -0.15) is 0 Å². The molecule has 0 aliphatic heterocycles. The number of ether oxygens (including phenoxy) is 2. The summed E-state index contributed by atoms with van der Waals surface area (Å²) in [6, 6.07) is 21.9. The van der Waals surface area contributed by atoms with E-state index in [0.29, 0.717) is 18.0 Å². The topological polar surface area (TPSA) is 88.7 Å². The van der Waals surface area contributed by atoms with E-state index in [1.54, 1.807) is 20.8 Å². The Balaban J connectivity index is 1.70. The Morgan fingerprint density at radius 2 is 1.58 bits per heavy atom. The second kappa shape index (κ2) is 12.7. The highest BCUT2D eigenvalue weighted by Crippen LogP contribution is 2.27. The van der Waals surface area contributed by atoms with Gasteiger partial charge in [0, 0.05) is 18.7 Å². The van der Waals surface area contributed by atoms with Crippen LogP contribution in [-0.2, 0) is 20.9 Å². The van der Waals surface area contributed by atoms with Crippen molar-refractivity contribution in [3.63, 3.8) is 0 Å². The second-order valence-electron chi connectivity index (χ2n) is 9.20. The Hall–Kier alpha value is -3.91. The molecule has 0 aliphatic rings. The van der Waals surface area contributed by atoms with Crippen LogP contribution >= 0.6 is 0 Å². The first-order valence-corrected chi connectivity index (χ1v) is 11.7. The van der Waals surface area contributed by atoms with Gasteiger partial charge in [0.15, 0.2) is 0 Å². The van der Waals surface area contributed by atoms with Gasteiger partial charge in [0.1, 0.15) is 17.5 Å². The Morgan fingerprint density at radius 3 is 2.25 bits per heavy atom. The van der Waals surface area contributed by atoms with E-state index in [1.165, 1.54) is 18.2 Å². The molecule has 1 atom stereocenters. The van der Waals surface area contributed by atoms with Gasteiger partial charge >= 0.3 is 6.09 Å². The van der Waals surface area contributed by atoms with Crippen molar-refractivity contribution in [2.75, 3.05) is 17.2 Å². The fourth-order valence-electron chi connectivity index (χ4n) is 3.31. The van der Waals surface area contributed by atoms with Gasteiger partial charge in [-0.05, 0) is 56.7 Å². The normalized spacial score (nSPS) is 11.9. The highest BCUT2D eigenvalue weighted by atomic mass is 19.1. The van der Waals surface area contributed by atoms with Crippen LogP contribution in [0.25, 0.3) is 0 Å². The minimum Gasteiger partial charge on any atom is -0.444 e. The minimum atomic E-state index is -0.940. The Kier molecular flexibility index (Phi) is 9.41. The molecule has 2 amide bonds. The number of carbonyl (C=O) groups excluding carboxylic acids is 2. The van der Waals surface area contributed by atoms with Gasteiger partial charge in [-0.25, -0.2) is 9.18 Å². The molecule has 3 aromatic rings. The predicted molar refractivity (Wildman–Crippen MR) is 139 cm³/mol. The first-order chi connectivity index (χ1) is 17.2. The smallest absolute Gasteiger partial charge is 0.408 e. The molecule has 8 heteroatoms. The molecule has 0 bridgehead atoms. The van der Waals surface area contributed by atoms with Crippen molar-refractivity contribution in [3.8, 4) is 0 Å². The van der Waals surface area contributed by atoms with Crippen LogP contribution in [0.15, 0.2) is 78.9 Å². The number of alkyl carbamates (subject to hydrolysis) is 1. The summed E-state index contributed by atoms with van der Waals surface area (Å²) in [7, 11) is 0. The average Bonchev–Trinajstić information content (AvgIpc) is 2.83. The molecule has 1 unspecified atom stereocenters. The number of anilines is 3. The zero-order valence-electron chi connectivity index (χ0n) is 20.7. The predicted octanol–water partition coefficient (Wildman–Crippen LogP) is 6.01. The molecule has 0 heterocycles. The van der Waals surface area contributed by atoms with Gasteiger partial charge in [-0.1, -0.05) is 48.5 Å². The monoisotopic (exact) mass is 493 g/mol. The zero-order chi connectivity index (χ0) is 26.0. The maximum Gasteiger partial charge on any atom is 0.408 e. The molecule has 0 aliphatic carbocycles. The summed E-state index contributed by atoms with van der Waals surface area (Å²) in [6.45, 7) is 5.83. The quantitative estimate of drug-likeness (QED) is 0.301. The third-order valence-corrected chi connectivity index (χ3v) is 4.96. The van der Waals surface area contributed by atoms with Gasteiger partial charge in [-0.15, -0.1) is 0 Å². The van der Waals surface area contributed by atoms with Crippen LogP contribution in [0, 0.1) is 5.82 Å². The minimum absolute atomic E-state index is 0.209. The number of amides is 2. The van der Waals surface area contributed by atoms with Crippen molar-refractivity contribution in [2.45, 2.75) is 45.4 Å². The van der Waals surface area contributed by atoms with Crippen LogP contribution in [0.2, 0.25) is 0 Å². The van der Waals surface area contributed by atoms with Gasteiger partial charge in [0.2, 0.25) is 5.91 Å². The number of carbonyl (C=O) groups is 2. The lowest BCUT2D eigenvalue weighted by atomic mass is 10.1. The van der Waals surface area contributed by atoms with Gasteiger partial charge in [0.05, 0.1) is 18.0 Å². The molecule has 0 aromatic heterocycles. The SMILES string of the molecule is CC(C)(C)OC(=O)NC(CCOCc1ccccc1)C(=O)Nc1ccc(F)cc1Nc1ccccc1. The molecule has 3 aromatic carbocycles. The van der Waals surface area contributed by atoms with Crippen LogP contribution < -0.4 is 16.0 Å². The molecular formula is C28H32FN3O4. The largest absolute Gasteiger partial charge is 0.444 e. The fourth-order valence-corrected chi connectivity index (χ4v) is 3.31. The number of hydrogen-bond donors (Lipinski definition) is 3. The Labute approximate surface area is 211 Å². The average molecular weight is 494 g/mol. The second-order valence-corrected chi connectivity index (χ2v) is 9.20. The zero-order valence-corrected chi connectivity index (χ0v) is 20.7. The fraction of sp³-hybridized carbons (Fsp3) is 0.286. The van der Waals surface area contributed by atoms with Crippen LogP contribution in [0.5, 0.6) is 0 Å². The van der Waals surface area contributed by atoms with Crippen LogP contribution in [0.3, 0.4) is 0 Å². The van der Waals surface area contributed by atoms with Crippen molar-refractivity contribution in [1.82, 2.24) is 5.32 Å². The Bertz CT molecular complexity index is 1130. The number of benzene rings is 3. The summed E-state index contributed by atoms with van der Waals surface area (Å²) in [5.41, 5.74) is 1.76. The number of para-hydroxylation sites is 1. The summed E-state index contributed by atoms with van der Waals surface area (Å²) < 4.78 is 25.0. The molecule has 190 valence electrons. The number of rotatable bonds is 10. The maximum absolute atomic E-state index is 14.0. The molecule has 0 spiro atoms. The summed E-state index contributed by atoms with van der Waals surface area (Å²) in [4.78, 5) is 25.6. The maximum atomic E-state index is 14.0. The van der Waals surface area contributed by atoms with Crippen LogP contribution in [-0.4, -0.2) is 30.3 Å².